The molecule has 1 aromatic rings. The molecule has 0 saturated carbocycles. The number of hydrogen-bond donors (Lipinski definition) is 2. The van der Waals surface area contributed by atoms with Gasteiger partial charge in [-0.25, -0.2) is 9.59 Å². The van der Waals surface area contributed by atoms with Crippen LogP contribution in [0, 0.1) is 0 Å². The Balaban J connectivity index is 2.75. The molecule has 24 heavy (non-hydrogen) atoms. The van der Waals surface area contributed by atoms with Gasteiger partial charge in [0.25, 0.3) is 0 Å². The van der Waals surface area contributed by atoms with Gasteiger partial charge in [0.05, 0.1) is 0 Å². The first kappa shape index (κ1) is 19.8. The number of carbonyl (C=O) groups excluding carboxylic acids is 1. The van der Waals surface area contributed by atoms with Crippen molar-refractivity contribution in [2.75, 3.05) is 18.0 Å². The highest BCUT2D eigenvalue weighted by Gasteiger charge is 2.24. The third-order valence-corrected chi connectivity index (χ3v) is 3.49. The Hall–Kier alpha value is -2.24. The Labute approximate surface area is 143 Å². The van der Waals surface area contributed by atoms with Gasteiger partial charge >= 0.3 is 12.1 Å². The van der Waals surface area contributed by atoms with Gasteiger partial charge < -0.3 is 20.1 Å². The summed E-state index contributed by atoms with van der Waals surface area (Å²) in [4.78, 5) is 25.4. The fourth-order valence-corrected chi connectivity index (χ4v) is 2.32. The van der Waals surface area contributed by atoms with Crippen molar-refractivity contribution in [3.63, 3.8) is 0 Å². The van der Waals surface area contributed by atoms with Crippen molar-refractivity contribution in [1.82, 2.24) is 5.32 Å². The fourth-order valence-electron chi connectivity index (χ4n) is 2.32. The molecule has 0 fully saturated rings. The van der Waals surface area contributed by atoms with E-state index in [2.05, 4.69) is 24.1 Å². The number of hydrogen-bond acceptors (Lipinski definition) is 4. The van der Waals surface area contributed by atoms with Gasteiger partial charge in [-0.1, -0.05) is 12.1 Å². The summed E-state index contributed by atoms with van der Waals surface area (Å²) in [5.41, 5.74) is 1.27. The van der Waals surface area contributed by atoms with Crippen LogP contribution in [0.2, 0.25) is 0 Å². The minimum atomic E-state index is -1.09. The van der Waals surface area contributed by atoms with E-state index in [1.165, 1.54) is 0 Å². The van der Waals surface area contributed by atoms with Gasteiger partial charge in [-0.15, -0.1) is 0 Å². The first-order valence-electron chi connectivity index (χ1n) is 8.22. The summed E-state index contributed by atoms with van der Waals surface area (Å²) < 4.78 is 5.12. The molecule has 0 radical (unpaired) electrons. The minimum absolute atomic E-state index is 0.201. The lowest BCUT2D eigenvalue weighted by atomic mass is 10.1. The molecule has 1 aromatic carbocycles. The highest BCUT2D eigenvalue weighted by Crippen LogP contribution is 2.16. The number of alkyl carbamates (subject to hydrolysis) is 1. The molecule has 1 rings (SSSR count). The molecular weight excluding hydrogens is 308 g/mol. The second-order valence-electron chi connectivity index (χ2n) is 6.58. The van der Waals surface area contributed by atoms with Gasteiger partial charge in [0.1, 0.15) is 11.6 Å². The molecule has 0 bridgehead atoms. The molecule has 2 N–H and O–H groups in total. The first-order valence-corrected chi connectivity index (χ1v) is 8.22. The number of carbonyl (C=O) groups is 2. The van der Waals surface area contributed by atoms with Crippen LogP contribution in [0.25, 0.3) is 0 Å². The largest absolute Gasteiger partial charge is 0.480 e. The maximum atomic E-state index is 11.8. The number of ether oxygens (including phenoxy) is 1. The Morgan fingerprint density at radius 2 is 1.71 bits per heavy atom. The fraction of sp³-hybridized carbons (Fsp3) is 0.556. The average molecular weight is 336 g/mol. The zero-order chi connectivity index (χ0) is 18.3. The molecule has 134 valence electrons. The lowest BCUT2D eigenvalue weighted by Crippen LogP contribution is -2.44. The van der Waals surface area contributed by atoms with Crippen LogP contribution in [0.5, 0.6) is 0 Å². The Morgan fingerprint density at radius 1 is 1.17 bits per heavy atom. The number of carboxylic acid groups (broad SMARTS) is 1. The minimum Gasteiger partial charge on any atom is -0.480 e. The molecule has 0 aliphatic carbocycles. The smallest absolute Gasteiger partial charge is 0.408 e. The van der Waals surface area contributed by atoms with Gasteiger partial charge in [0, 0.05) is 25.2 Å². The van der Waals surface area contributed by atoms with Crippen molar-refractivity contribution >= 4 is 17.7 Å². The summed E-state index contributed by atoms with van der Waals surface area (Å²) in [6.45, 7) is 11.2. The highest BCUT2D eigenvalue weighted by molar-refractivity contribution is 5.80. The van der Waals surface area contributed by atoms with E-state index in [1.807, 2.05) is 24.3 Å². The van der Waals surface area contributed by atoms with Crippen LogP contribution in [0.3, 0.4) is 0 Å². The van der Waals surface area contributed by atoms with Crippen molar-refractivity contribution in [3.05, 3.63) is 29.8 Å². The molecule has 0 heterocycles. The zero-order valence-electron chi connectivity index (χ0n) is 15.1. The second-order valence-corrected chi connectivity index (χ2v) is 6.58. The molecule has 0 spiro atoms. The normalized spacial score (nSPS) is 12.4. The van der Waals surface area contributed by atoms with E-state index in [0.29, 0.717) is 0 Å². The predicted octanol–water partition coefficient (Wildman–Crippen LogP) is 3.05. The van der Waals surface area contributed by atoms with E-state index in [-0.39, 0.29) is 6.42 Å². The number of nitrogens with zero attached hydrogens (tertiary/aromatic N) is 1. The number of rotatable bonds is 7. The van der Waals surface area contributed by atoms with Gasteiger partial charge in [0.15, 0.2) is 0 Å². The van der Waals surface area contributed by atoms with Crippen LogP contribution in [-0.2, 0) is 16.0 Å². The molecule has 6 heteroatoms. The van der Waals surface area contributed by atoms with Gasteiger partial charge in [-0.05, 0) is 52.3 Å². The second kappa shape index (κ2) is 8.57. The Kier molecular flexibility index (Phi) is 7.07. The Bertz CT molecular complexity index is 545. The summed E-state index contributed by atoms with van der Waals surface area (Å²) in [5.74, 6) is -1.09. The number of amides is 1. The average Bonchev–Trinajstić information content (AvgIpc) is 2.47. The van der Waals surface area contributed by atoms with E-state index in [0.717, 1.165) is 24.3 Å². The van der Waals surface area contributed by atoms with Gasteiger partial charge in [-0.2, -0.15) is 0 Å². The van der Waals surface area contributed by atoms with Crippen LogP contribution >= 0.6 is 0 Å². The van der Waals surface area contributed by atoms with E-state index in [9.17, 15) is 14.7 Å². The number of aliphatic carboxylic acids is 1. The van der Waals surface area contributed by atoms with Crippen LogP contribution in [0.15, 0.2) is 24.3 Å². The third kappa shape index (κ3) is 6.48. The first-order chi connectivity index (χ1) is 11.2. The van der Waals surface area contributed by atoms with Crippen molar-refractivity contribution in [1.29, 1.82) is 0 Å². The summed E-state index contributed by atoms with van der Waals surface area (Å²) in [5, 5.41) is 11.7. The highest BCUT2D eigenvalue weighted by atomic mass is 16.6. The van der Waals surface area contributed by atoms with Crippen LogP contribution in [-0.4, -0.2) is 41.9 Å². The lowest BCUT2D eigenvalue weighted by molar-refractivity contribution is -0.139. The zero-order valence-corrected chi connectivity index (χ0v) is 15.1. The molecule has 0 aliphatic heterocycles. The van der Waals surface area contributed by atoms with Crippen molar-refractivity contribution < 1.29 is 19.4 Å². The maximum Gasteiger partial charge on any atom is 0.408 e. The number of benzene rings is 1. The molecule has 0 saturated heterocycles. The molecule has 6 nitrogen and oxygen atoms in total. The van der Waals surface area contributed by atoms with Gasteiger partial charge in [0.2, 0.25) is 0 Å². The number of carboxylic acids is 1. The number of nitrogens with one attached hydrogen (secondary N) is 1. The number of anilines is 1. The summed E-state index contributed by atoms with van der Waals surface area (Å²) in [7, 11) is 0. The summed E-state index contributed by atoms with van der Waals surface area (Å²) >= 11 is 0. The standard InChI is InChI=1S/C18H28N2O4/c1-6-20(7-2)14-10-8-13(9-11-14)12-15(16(21)22)19-17(23)24-18(3,4)5/h8-11,15H,6-7,12H2,1-5H3,(H,19,23)(H,21,22). The van der Waals surface area contributed by atoms with E-state index >= 15 is 0 Å². The topological polar surface area (TPSA) is 78.9 Å². The van der Waals surface area contributed by atoms with Crippen molar-refractivity contribution in [3.8, 4) is 0 Å². The quantitative estimate of drug-likeness (QED) is 0.800. The van der Waals surface area contributed by atoms with E-state index in [4.69, 9.17) is 4.74 Å². The van der Waals surface area contributed by atoms with E-state index in [1.54, 1.807) is 20.8 Å². The van der Waals surface area contributed by atoms with Gasteiger partial charge in [-0.3, -0.25) is 0 Å². The molecule has 1 unspecified atom stereocenters. The SMILES string of the molecule is CCN(CC)c1ccc(CC(NC(=O)OC(C)(C)C)C(=O)O)cc1. The molecule has 1 amide bonds. The molecule has 0 aromatic heterocycles. The van der Waals surface area contributed by atoms with E-state index < -0.39 is 23.7 Å². The predicted molar refractivity (Wildman–Crippen MR) is 94.5 cm³/mol. The summed E-state index contributed by atoms with van der Waals surface area (Å²) in [6.07, 6.45) is -0.526. The maximum absolute atomic E-state index is 11.8. The molecular formula is C18H28N2O4. The van der Waals surface area contributed by atoms with Crippen LogP contribution in [0.1, 0.15) is 40.2 Å². The monoisotopic (exact) mass is 336 g/mol. The van der Waals surface area contributed by atoms with Crippen molar-refractivity contribution in [2.45, 2.75) is 52.7 Å². The summed E-state index contributed by atoms with van der Waals surface area (Å²) in [6, 6.07) is 6.68. The lowest BCUT2D eigenvalue weighted by Gasteiger charge is -2.23. The third-order valence-electron chi connectivity index (χ3n) is 3.49. The molecule has 0 aliphatic rings. The van der Waals surface area contributed by atoms with Crippen LogP contribution < -0.4 is 10.2 Å². The molecule has 1 atom stereocenters. The Morgan fingerprint density at radius 3 is 2.12 bits per heavy atom. The van der Waals surface area contributed by atoms with Crippen LogP contribution in [0.4, 0.5) is 10.5 Å². The van der Waals surface area contributed by atoms with Crippen molar-refractivity contribution in [2.24, 2.45) is 0 Å².